The van der Waals surface area contributed by atoms with Crippen molar-refractivity contribution in [1.82, 2.24) is 4.98 Å². The number of amides is 1. The van der Waals surface area contributed by atoms with Gasteiger partial charge in [-0.2, -0.15) is 0 Å². The number of aromatic nitrogens is 1. The van der Waals surface area contributed by atoms with Crippen LogP contribution in [0.5, 0.6) is 0 Å². The number of aryl methyl sites for hydroxylation is 3. The van der Waals surface area contributed by atoms with Gasteiger partial charge < -0.3 is 5.32 Å². The zero-order chi connectivity index (χ0) is 16.4. The maximum atomic E-state index is 12.7. The molecule has 0 bridgehead atoms. The Hall–Kier alpha value is -2.46. The fourth-order valence-corrected chi connectivity index (χ4v) is 3.26. The summed E-state index contributed by atoms with van der Waals surface area (Å²) in [7, 11) is 0. The van der Waals surface area contributed by atoms with Gasteiger partial charge in [0.2, 0.25) is 0 Å². The van der Waals surface area contributed by atoms with E-state index >= 15 is 0 Å². The lowest BCUT2D eigenvalue weighted by molar-refractivity contribution is 0.103. The van der Waals surface area contributed by atoms with Crippen molar-refractivity contribution in [2.75, 3.05) is 5.32 Å². The molecule has 2 aromatic carbocycles. The maximum absolute atomic E-state index is 12.7. The highest BCUT2D eigenvalue weighted by Crippen LogP contribution is 2.29. The number of rotatable bonds is 3. The topological polar surface area (TPSA) is 42.0 Å². The van der Waals surface area contributed by atoms with E-state index in [4.69, 9.17) is 0 Å². The lowest BCUT2D eigenvalue weighted by Gasteiger charge is -2.09. The molecule has 0 unspecified atom stereocenters. The van der Waals surface area contributed by atoms with Crippen molar-refractivity contribution in [2.24, 2.45) is 0 Å². The molecule has 1 amide bonds. The summed E-state index contributed by atoms with van der Waals surface area (Å²) < 4.78 is 0. The summed E-state index contributed by atoms with van der Waals surface area (Å²) in [5.41, 5.74) is 4.72. The Morgan fingerprint density at radius 2 is 1.78 bits per heavy atom. The molecule has 0 radical (unpaired) electrons. The van der Waals surface area contributed by atoms with Gasteiger partial charge in [-0.05, 0) is 38.0 Å². The predicted molar refractivity (Wildman–Crippen MR) is 96.2 cm³/mol. The largest absolute Gasteiger partial charge is 0.321 e. The number of nitrogens with zero attached hydrogens (tertiary/aromatic N) is 1. The van der Waals surface area contributed by atoms with Crippen LogP contribution in [0, 0.1) is 20.8 Å². The minimum atomic E-state index is -0.108. The second kappa shape index (κ2) is 6.34. The van der Waals surface area contributed by atoms with Crippen LogP contribution >= 0.6 is 11.3 Å². The summed E-state index contributed by atoms with van der Waals surface area (Å²) in [5, 5.41) is 3.91. The fraction of sp³-hybridized carbons (Fsp3) is 0.158. The first-order valence-electron chi connectivity index (χ1n) is 7.46. The number of nitrogens with one attached hydrogen (secondary N) is 1. The Morgan fingerprint density at radius 1 is 1.04 bits per heavy atom. The highest BCUT2D eigenvalue weighted by molar-refractivity contribution is 7.14. The number of hydrogen-bond acceptors (Lipinski definition) is 3. The first-order chi connectivity index (χ1) is 11.0. The molecule has 116 valence electrons. The van der Waals surface area contributed by atoms with Gasteiger partial charge in [-0.25, -0.2) is 4.98 Å². The summed E-state index contributed by atoms with van der Waals surface area (Å²) in [6.45, 7) is 5.93. The third kappa shape index (κ3) is 3.32. The SMILES string of the molecule is Cc1ccc(C)c(NC(=O)c2sc(C)nc2-c2ccccc2)c1. The van der Waals surface area contributed by atoms with Crippen LogP contribution in [0.15, 0.2) is 48.5 Å². The van der Waals surface area contributed by atoms with E-state index in [2.05, 4.69) is 10.3 Å². The molecular formula is C19H18N2OS. The minimum Gasteiger partial charge on any atom is -0.321 e. The minimum absolute atomic E-state index is 0.108. The Labute approximate surface area is 140 Å². The average molecular weight is 322 g/mol. The van der Waals surface area contributed by atoms with Gasteiger partial charge >= 0.3 is 0 Å². The smallest absolute Gasteiger partial charge is 0.268 e. The Morgan fingerprint density at radius 3 is 2.52 bits per heavy atom. The van der Waals surface area contributed by atoms with Crippen molar-refractivity contribution in [3.05, 3.63) is 69.5 Å². The Balaban J connectivity index is 1.96. The first kappa shape index (κ1) is 15.4. The van der Waals surface area contributed by atoms with E-state index in [1.54, 1.807) is 0 Å². The molecule has 4 heteroatoms. The van der Waals surface area contributed by atoms with Crippen molar-refractivity contribution in [3.63, 3.8) is 0 Å². The summed E-state index contributed by atoms with van der Waals surface area (Å²) >= 11 is 1.42. The Bertz CT molecular complexity index is 853. The van der Waals surface area contributed by atoms with Crippen LogP contribution in [0.25, 0.3) is 11.3 Å². The molecular weight excluding hydrogens is 304 g/mol. The van der Waals surface area contributed by atoms with Crippen molar-refractivity contribution in [3.8, 4) is 11.3 Å². The van der Waals surface area contributed by atoms with Crippen molar-refractivity contribution >= 4 is 22.9 Å². The van der Waals surface area contributed by atoms with Gasteiger partial charge in [-0.1, -0.05) is 42.5 Å². The third-order valence-corrected chi connectivity index (χ3v) is 4.60. The van der Waals surface area contributed by atoms with Gasteiger partial charge in [0, 0.05) is 11.3 Å². The van der Waals surface area contributed by atoms with E-state index < -0.39 is 0 Å². The molecule has 23 heavy (non-hydrogen) atoms. The molecule has 0 aliphatic carbocycles. The van der Waals surface area contributed by atoms with Gasteiger partial charge in [-0.3, -0.25) is 4.79 Å². The number of hydrogen-bond donors (Lipinski definition) is 1. The van der Waals surface area contributed by atoms with Crippen LogP contribution in [0.4, 0.5) is 5.69 Å². The van der Waals surface area contributed by atoms with Gasteiger partial charge in [0.1, 0.15) is 4.88 Å². The molecule has 1 heterocycles. The number of thiazole rings is 1. The molecule has 3 aromatic rings. The Kier molecular flexibility index (Phi) is 4.26. The van der Waals surface area contributed by atoms with Crippen LogP contribution in [0.2, 0.25) is 0 Å². The lowest BCUT2D eigenvalue weighted by Crippen LogP contribution is -2.12. The van der Waals surface area contributed by atoms with Crippen LogP contribution < -0.4 is 5.32 Å². The highest BCUT2D eigenvalue weighted by Gasteiger charge is 2.18. The summed E-state index contributed by atoms with van der Waals surface area (Å²) in [4.78, 5) is 17.9. The second-order valence-corrected chi connectivity index (χ2v) is 6.75. The zero-order valence-corrected chi connectivity index (χ0v) is 14.2. The standard InChI is InChI=1S/C19H18N2OS/c1-12-9-10-13(2)16(11-12)21-19(22)18-17(20-14(3)23-18)15-7-5-4-6-8-15/h4-11H,1-3H3,(H,21,22). The first-order valence-corrected chi connectivity index (χ1v) is 8.27. The molecule has 0 atom stereocenters. The van der Waals surface area contributed by atoms with Crippen LogP contribution in [-0.4, -0.2) is 10.9 Å². The van der Waals surface area contributed by atoms with E-state index in [0.29, 0.717) is 4.88 Å². The van der Waals surface area contributed by atoms with Crippen molar-refractivity contribution < 1.29 is 4.79 Å². The monoisotopic (exact) mass is 322 g/mol. The van der Waals surface area contributed by atoms with Crippen molar-refractivity contribution in [1.29, 1.82) is 0 Å². The molecule has 3 nitrogen and oxygen atoms in total. The van der Waals surface area contributed by atoms with Crippen LogP contribution in [0.3, 0.4) is 0 Å². The fourth-order valence-electron chi connectivity index (χ4n) is 2.42. The number of carbonyl (C=O) groups excluding carboxylic acids is 1. The van der Waals surface area contributed by atoms with E-state index in [1.165, 1.54) is 11.3 Å². The number of benzene rings is 2. The molecule has 0 aliphatic rings. The van der Waals surface area contributed by atoms with Crippen molar-refractivity contribution in [2.45, 2.75) is 20.8 Å². The third-order valence-electron chi connectivity index (χ3n) is 3.63. The van der Waals surface area contributed by atoms with E-state index in [0.717, 1.165) is 33.1 Å². The molecule has 0 fully saturated rings. The zero-order valence-electron chi connectivity index (χ0n) is 13.4. The van der Waals surface area contributed by atoms with E-state index in [-0.39, 0.29) is 5.91 Å². The summed E-state index contributed by atoms with van der Waals surface area (Å²) in [5.74, 6) is -0.108. The lowest BCUT2D eigenvalue weighted by atomic mass is 10.1. The van der Waals surface area contributed by atoms with Crippen LogP contribution in [0.1, 0.15) is 25.8 Å². The molecule has 0 saturated carbocycles. The van der Waals surface area contributed by atoms with E-state index in [9.17, 15) is 4.79 Å². The number of anilines is 1. The molecule has 3 rings (SSSR count). The average Bonchev–Trinajstić information content (AvgIpc) is 2.94. The molecule has 0 spiro atoms. The van der Waals surface area contributed by atoms with Gasteiger partial charge in [0.05, 0.1) is 10.7 Å². The molecule has 1 N–H and O–H groups in total. The molecule has 0 aliphatic heterocycles. The second-order valence-electron chi connectivity index (χ2n) is 5.55. The van der Waals surface area contributed by atoms with Gasteiger partial charge in [0.15, 0.2) is 0 Å². The quantitative estimate of drug-likeness (QED) is 0.738. The maximum Gasteiger partial charge on any atom is 0.268 e. The summed E-state index contributed by atoms with van der Waals surface area (Å²) in [6, 6.07) is 15.9. The number of carbonyl (C=O) groups is 1. The van der Waals surface area contributed by atoms with E-state index in [1.807, 2.05) is 69.3 Å². The molecule has 0 saturated heterocycles. The van der Waals surface area contributed by atoms with Gasteiger partial charge in [0.25, 0.3) is 5.91 Å². The predicted octanol–water partition coefficient (Wildman–Crippen LogP) is 4.99. The van der Waals surface area contributed by atoms with Crippen LogP contribution in [-0.2, 0) is 0 Å². The molecule has 1 aromatic heterocycles. The highest BCUT2D eigenvalue weighted by atomic mass is 32.1. The normalized spacial score (nSPS) is 10.6. The summed E-state index contributed by atoms with van der Waals surface area (Å²) in [6.07, 6.45) is 0. The van der Waals surface area contributed by atoms with Gasteiger partial charge in [-0.15, -0.1) is 11.3 Å².